The van der Waals surface area contributed by atoms with Crippen LogP contribution in [0.15, 0.2) is 60.9 Å². The van der Waals surface area contributed by atoms with Gasteiger partial charge >= 0.3 is 0 Å². The largest absolute Gasteiger partial charge is 0.595 e. The molecular formula is C14H12N2O2. The molecule has 3 rings (SSSR count). The lowest BCUT2D eigenvalue weighted by Crippen LogP contribution is -2.99. The summed E-state index contributed by atoms with van der Waals surface area (Å²) < 4.78 is 2.04. The molecule has 1 unspecified atom stereocenters. The Kier molecular flexibility index (Phi) is 2.60. The van der Waals surface area contributed by atoms with Crippen LogP contribution < -0.4 is 5.23 Å². The summed E-state index contributed by atoms with van der Waals surface area (Å²) in [7, 11) is 0. The fourth-order valence-electron chi connectivity index (χ4n) is 2.02. The smallest absolute Gasteiger partial charge is 0.163 e. The zero-order valence-corrected chi connectivity index (χ0v) is 9.58. The molecule has 2 heterocycles. The van der Waals surface area contributed by atoms with Crippen LogP contribution in [0.3, 0.4) is 0 Å². The summed E-state index contributed by atoms with van der Waals surface area (Å²) in [6, 6.07) is 15.0. The maximum absolute atomic E-state index is 10.8. The first-order valence-electron chi connectivity index (χ1n) is 5.64. The quantitative estimate of drug-likeness (QED) is 0.673. The number of quaternary nitrogens is 1. The van der Waals surface area contributed by atoms with Crippen molar-refractivity contribution in [2.45, 2.75) is 0 Å². The first-order chi connectivity index (χ1) is 8.74. The third kappa shape index (κ3) is 1.89. The van der Waals surface area contributed by atoms with Crippen molar-refractivity contribution in [1.29, 1.82) is 0 Å². The van der Waals surface area contributed by atoms with Crippen LogP contribution in [0.4, 0.5) is 5.69 Å². The molecule has 0 radical (unpaired) electrons. The molecule has 0 spiro atoms. The van der Waals surface area contributed by atoms with Gasteiger partial charge in [-0.1, -0.05) is 6.07 Å². The molecule has 90 valence electrons. The van der Waals surface area contributed by atoms with Gasteiger partial charge in [0.05, 0.1) is 0 Å². The molecule has 0 saturated heterocycles. The number of nitrogens with zero attached hydrogens (tertiary/aromatic N) is 1. The van der Waals surface area contributed by atoms with Crippen molar-refractivity contribution in [3.05, 3.63) is 66.1 Å². The van der Waals surface area contributed by atoms with E-state index in [0.29, 0.717) is 5.69 Å². The number of pyridine rings is 1. The van der Waals surface area contributed by atoms with E-state index in [2.05, 4.69) is 6.07 Å². The number of nitrogens with one attached hydrogen (secondary N) is 1. The number of rotatable bonds is 2. The second kappa shape index (κ2) is 4.27. The molecule has 2 aromatic heterocycles. The normalized spacial score (nSPS) is 12.8. The van der Waals surface area contributed by atoms with Gasteiger partial charge in [0.2, 0.25) is 0 Å². The van der Waals surface area contributed by atoms with Gasteiger partial charge in [0, 0.05) is 35.6 Å². The number of fused-ring (bicyclic) bond motifs is 1. The Labute approximate surface area is 104 Å². The average Bonchev–Trinajstić information content (AvgIpc) is 2.82. The zero-order chi connectivity index (χ0) is 12.5. The molecule has 0 fully saturated rings. The van der Waals surface area contributed by atoms with Crippen LogP contribution in [0.25, 0.3) is 16.6 Å². The molecule has 3 aromatic rings. The van der Waals surface area contributed by atoms with Gasteiger partial charge in [-0.05, 0) is 35.9 Å². The highest BCUT2D eigenvalue weighted by Gasteiger charge is 2.04. The third-order valence-electron chi connectivity index (χ3n) is 2.97. The van der Waals surface area contributed by atoms with Crippen LogP contribution in [0.2, 0.25) is 0 Å². The van der Waals surface area contributed by atoms with E-state index in [1.54, 1.807) is 12.1 Å². The van der Waals surface area contributed by atoms with E-state index in [-0.39, 0.29) is 0 Å². The molecule has 0 aliphatic carbocycles. The molecule has 1 aromatic carbocycles. The molecular weight excluding hydrogens is 228 g/mol. The Bertz CT molecular complexity index is 639. The second-order valence-electron chi connectivity index (χ2n) is 4.14. The van der Waals surface area contributed by atoms with Crippen LogP contribution in [0, 0.1) is 5.21 Å². The van der Waals surface area contributed by atoms with Crippen molar-refractivity contribution >= 4 is 11.2 Å². The molecule has 1 atom stereocenters. The van der Waals surface area contributed by atoms with Crippen molar-refractivity contribution in [1.82, 2.24) is 4.40 Å². The van der Waals surface area contributed by atoms with Crippen LogP contribution in [-0.4, -0.2) is 9.61 Å². The molecule has 2 N–H and O–H groups in total. The zero-order valence-electron chi connectivity index (χ0n) is 9.58. The summed E-state index contributed by atoms with van der Waals surface area (Å²) in [5, 5.41) is 18.7. The molecule has 0 aliphatic rings. The van der Waals surface area contributed by atoms with Crippen LogP contribution >= 0.6 is 0 Å². The minimum absolute atomic E-state index is 0.308. The van der Waals surface area contributed by atoms with Gasteiger partial charge in [-0.3, -0.25) is 0 Å². The molecule has 0 saturated carbocycles. The summed E-state index contributed by atoms with van der Waals surface area (Å²) in [4.78, 5) is 0. The summed E-state index contributed by atoms with van der Waals surface area (Å²) in [5.41, 5.74) is 3.53. The lowest BCUT2D eigenvalue weighted by Gasteiger charge is -2.11. The van der Waals surface area contributed by atoms with E-state index in [1.807, 2.05) is 47.1 Å². The second-order valence-corrected chi connectivity index (χ2v) is 4.14. The monoisotopic (exact) mass is 240 g/mol. The van der Waals surface area contributed by atoms with Gasteiger partial charge in [0.1, 0.15) is 0 Å². The fourth-order valence-corrected chi connectivity index (χ4v) is 2.02. The number of hydrogen-bond donors (Lipinski definition) is 2. The number of hydrogen-bond acceptors (Lipinski definition) is 2. The minimum Gasteiger partial charge on any atom is -0.595 e. The number of aromatic nitrogens is 1. The summed E-state index contributed by atoms with van der Waals surface area (Å²) in [6.07, 6.45) is 4.02. The molecule has 4 heteroatoms. The Morgan fingerprint density at radius 1 is 1.00 bits per heavy atom. The van der Waals surface area contributed by atoms with E-state index >= 15 is 0 Å². The molecule has 18 heavy (non-hydrogen) atoms. The van der Waals surface area contributed by atoms with Crippen molar-refractivity contribution in [2.24, 2.45) is 0 Å². The minimum atomic E-state index is -0.899. The van der Waals surface area contributed by atoms with Crippen molar-refractivity contribution in [3.8, 4) is 11.1 Å². The van der Waals surface area contributed by atoms with E-state index in [1.165, 1.54) is 0 Å². The van der Waals surface area contributed by atoms with Gasteiger partial charge < -0.3 is 9.61 Å². The van der Waals surface area contributed by atoms with Gasteiger partial charge in [0.15, 0.2) is 5.69 Å². The Hall–Kier alpha value is -2.14. The summed E-state index contributed by atoms with van der Waals surface area (Å²) in [5.74, 6) is 0. The number of benzene rings is 1. The van der Waals surface area contributed by atoms with Gasteiger partial charge in [-0.2, -0.15) is 5.23 Å². The third-order valence-corrected chi connectivity index (χ3v) is 2.97. The van der Waals surface area contributed by atoms with Crippen molar-refractivity contribution < 1.29 is 10.4 Å². The molecule has 0 bridgehead atoms. The summed E-state index contributed by atoms with van der Waals surface area (Å²) in [6.45, 7) is 0. The van der Waals surface area contributed by atoms with Gasteiger partial charge in [-0.15, -0.1) is 0 Å². The van der Waals surface area contributed by atoms with Crippen molar-refractivity contribution in [2.75, 3.05) is 0 Å². The fraction of sp³-hybridized carbons (Fsp3) is 0. The lowest BCUT2D eigenvalue weighted by atomic mass is 10.1. The highest BCUT2D eigenvalue weighted by Crippen LogP contribution is 2.23. The van der Waals surface area contributed by atoms with Gasteiger partial charge in [-0.25, -0.2) is 5.21 Å². The topological polar surface area (TPSA) is 52.1 Å². The van der Waals surface area contributed by atoms with Crippen LogP contribution in [0.1, 0.15) is 0 Å². The maximum atomic E-state index is 10.8. The van der Waals surface area contributed by atoms with Crippen LogP contribution in [0.5, 0.6) is 0 Å². The van der Waals surface area contributed by atoms with E-state index in [9.17, 15) is 5.21 Å². The predicted molar refractivity (Wildman–Crippen MR) is 68.6 cm³/mol. The SMILES string of the molecule is [O-][NH+](O)c1ccc(-c2cc3ccccn3c2)cc1. The van der Waals surface area contributed by atoms with E-state index < -0.39 is 5.23 Å². The molecule has 0 aliphatic heterocycles. The van der Waals surface area contributed by atoms with Gasteiger partial charge in [0.25, 0.3) is 0 Å². The highest BCUT2D eigenvalue weighted by molar-refractivity contribution is 5.70. The van der Waals surface area contributed by atoms with Crippen LogP contribution in [-0.2, 0) is 0 Å². The van der Waals surface area contributed by atoms with Crippen molar-refractivity contribution in [3.63, 3.8) is 0 Å². The molecule has 4 nitrogen and oxygen atoms in total. The maximum Gasteiger partial charge on any atom is 0.163 e. The Balaban J connectivity index is 2.03. The summed E-state index contributed by atoms with van der Waals surface area (Å²) >= 11 is 0. The first-order valence-corrected chi connectivity index (χ1v) is 5.64. The lowest BCUT2D eigenvalue weighted by molar-refractivity contribution is -0.991. The highest BCUT2D eigenvalue weighted by atomic mass is 16.8. The first kappa shape index (κ1) is 11.0. The Morgan fingerprint density at radius 2 is 1.78 bits per heavy atom. The average molecular weight is 240 g/mol. The van der Waals surface area contributed by atoms with E-state index in [0.717, 1.165) is 16.6 Å². The predicted octanol–water partition coefficient (Wildman–Crippen LogP) is 2.01. The van der Waals surface area contributed by atoms with E-state index in [4.69, 9.17) is 5.21 Å². The molecule has 0 amide bonds. The standard InChI is InChI=1S/C14H12N2O2/c17-16(18)13-6-4-11(5-7-13)12-9-14-3-1-2-8-15(14)10-12/h1-10,16-17H. The Morgan fingerprint density at radius 3 is 2.44 bits per heavy atom.